The van der Waals surface area contributed by atoms with Crippen LogP contribution in [0.25, 0.3) is 0 Å². The van der Waals surface area contributed by atoms with Gasteiger partial charge in [-0.25, -0.2) is 0 Å². The van der Waals surface area contributed by atoms with Crippen molar-refractivity contribution >= 4 is 12.4 Å². The molecule has 0 saturated carbocycles. The smallest absolute Gasteiger partial charge is 1.00 e. The Morgan fingerprint density at radius 3 is 1.00 bits per heavy atom. The van der Waals surface area contributed by atoms with E-state index in [4.69, 9.17) is 9.47 Å². The zero-order valence-corrected chi connectivity index (χ0v) is 8.70. The number of ether oxygens (including phenoxy) is 2. The summed E-state index contributed by atoms with van der Waals surface area (Å²) in [5.74, 6) is 0. The van der Waals surface area contributed by atoms with E-state index in [1.165, 1.54) is 25.7 Å². The summed E-state index contributed by atoms with van der Waals surface area (Å²) < 4.78 is 9.89. The molecule has 70 valence electrons. The summed E-state index contributed by atoms with van der Waals surface area (Å²) in [6, 6.07) is 0. The van der Waals surface area contributed by atoms with Crippen LogP contribution in [0.15, 0.2) is 0 Å². The Hall–Kier alpha value is 0.807. The SMILES string of the molecule is C1CCOC1.C1CCOC1.Cl.[H-].[Li+]. The quantitative estimate of drug-likeness (QED) is 0.461. The first-order valence-corrected chi connectivity index (χ1v) is 4.15. The van der Waals surface area contributed by atoms with Gasteiger partial charge in [0.15, 0.2) is 0 Å². The second-order valence-corrected chi connectivity index (χ2v) is 2.64. The molecule has 0 aromatic carbocycles. The van der Waals surface area contributed by atoms with Gasteiger partial charge < -0.3 is 10.9 Å². The topological polar surface area (TPSA) is 18.5 Å². The van der Waals surface area contributed by atoms with Gasteiger partial charge in [0, 0.05) is 26.4 Å². The molecule has 2 rings (SSSR count). The molecule has 0 amide bonds. The van der Waals surface area contributed by atoms with Crippen molar-refractivity contribution in [2.24, 2.45) is 0 Å². The minimum Gasteiger partial charge on any atom is -1.00 e. The molecule has 4 heteroatoms. The average molecular weight is 189 g/mol. The van der Waals surface area contributed by atoms with Gasteiger partial charge in [0.2, 0.25) is 0 Å². The summed E-state index contributed by atoms with van der Waals surface area (Å²) in [6.45, 7) is 4.00. The molecule has 0 unspecified atom stereocenters. The Morgan fingerprint density at radius 2 is 0.917 bits per heavy atom. The normalized spacial score (nSPS) is 20.0. The van der Waals surface area contributed by atoms with Crippen molar-refractivity contribution in [3.8, 4) is 0 Å². The number of rotatable bonds is 0. The molecule has 12 heavy (non-hydrogen) atoms. The summed E-state index contributed by atoms with van der Waals surface area (Å²) in [4.78, 5) is 0. The minimum atomic E-state index is 0. The summed E-state index contributed by atoms with van der Waals surface area (Å²) in [6.07, 6.45) is 5.11. The van der Waals surface area contributed by atoms with Crippen LogP contribution in [0.2, 0.25) is 0 Å². The van der Waals surface area contributed by atoms with Crippen LogP contribution in [0, 0.1) is 0 Å². The molecule has 2 fully saturated rings. The van der Waals surface area contributed by atoms with E-state index in [2.05, 4.69) is 0 Å². The standard InChI is InChI=1S/2C4H8O.ClH.Li.H/c2*1-2-4-5-3-1;;;/h2*1-4H2;1H;;/q;;;+1;-1. The fraction of sp³-hybridized carbons (Fsp3) is 1.00. The van der Waals surface area contributed by atoms with Crippen molar-refractivity contribution in [2.45, 2.75) is 25.7 Å². The molecule has 0 aliphatic carbocycles. The minimum absolute atomic E-state index is 0. The Labute approximate surface area is 94.5 Å². The van der Waals surface area contributed by atoms with Gasteiger partial charge in [-0.05, 0) is 25.7 Å². The third-order valence-electron chi connectivity index (χ3n) is 1.65. The van der Waals surface area contributed by atoms with Gasteiger partial charge in [-0.2, -0.15) is 0 Å². The second kappa shape index (κ2) is 11.8. The largest absolute Gasteiger partial charge is 1.00 e. The predicted molar refractivity (Wildman–Crippen MR) is 48.5 cm³/mol. The first-order valence-electron chi connectivity index (χ1n) is 4.15. The Kier molecular flexibility index (Phi) is 15.0. The van der Waals surface area contributed by atoms with Crippen LogP contribution >= 0.6 is 12.4 Å². The molecule has 0 N–H and O–H groups in total. The third-order valence-corrected chi connectivity index (χ3v) is 1.65. The van der Waals surface area contributed by atoms with Gasteiger partial charge in [-0.15, -0.1) is 12.4 Å². The van der Waals surface area contributed by atoms with Crippen LogP contribution in [0.3, 0.4) is 0 Å². The van der Waals surface area contributed by atoms with E-state index in [0.29, 0.717) is 0 Å². The fourth-order valence-electron chi connectivity index (χ4n) is 1.02. The van der Waals surface area contributed by atoms with Gasteiger partial charge >= 0.3 is 18.9 Å². The first kappa shape index (κ1) is 15.3. The monoisotopic (exact) mass is 188 g/mol. The van der Waals surface area contributed by atoms with E-state index in [1.54, 1.807) is 0 Å². The molecule has 0 aromatic heterocycles. The van der Waals surface area contributed by atoms with Crippen molar-refractivity contribution in [2.75, 3.05) is 26.4 Å². The van der Waals surface area contributed by atoms with Crippen molar-refractivity contribution in [1.82, 2.24) is 0 Å². The Bertz CT molecular complexity index is 55.3. The summed E-state index contributed by atoms with van der Waals surface area (Å²) >= 11 is 0. The predicted octanol–water partition coefficient (Wildman–Crippen LogP) is -0.868. The summed E-state index contributed by atoms with van der Waals surface area (Å²) in [5.41, 5.74) is 0. The van der Waals surface area contributed by atoms with Crippen LogP contribution in [-0.4, -0.2) is 26.4 Å². The van der Waals surface area contributed by atoms with E-state index >= 15 is 0 Å². The van der Waals surface area contributed by atoms with Crippen LogP contribution in [-0.2, 0) is 9.47 Å². The zero-order chi connectivity index (χ0) is 7.07. The molecular weight excluding hydrogens is 170 g/mol. The van der Waals surface area contributed by atoms with Gasteiger partial charge in [-0.1, -0.05) is 0 Å². The maximum Gasteiger partial charge on any atom is 1.00 e. The van der Waals surface area contributed by atoms with Crippen LogP contribution in [0.5, 0.6) is 0 Å². The van der Waals surface area contributed by atoms with Gasteiger partial charge in [-0.3, -0.25) is 0 Å². The fourth-order valence-corrected chi connectivity index (χ4v) is 1.02. The summed E-state index contributed by atoms with van der Waals surface area (Å²) in [5, 5.41) is 0. The molecule has 0 bridgehead atoms. The van der Waals surface area contributed by atoms with Gasteiger partial charge in [0.25, 0.3) is 0 Å². The van der Waals surface area contributed by atoms with Gasteiger partial charge in [0.1, 0.15) is 0 Å². The first-order chi connectivity index (χ1) is 5.00. The van der Waals surface area contributed by atoms with Crippen LogP contribution < -0.4 is 18.9 Å². The summed E-state index contributed by atoms with van der Waals surface area (Å²) in [7, 11) is 0. The number of halogens is 1. The zero-order valence-electron chi connectivity index (χ0n) is 8.88. The third kappa shape index (κ3) is 8.90. The van der Waals surface area contributed by atoms with Crippen molar-refractivity contribution in [1.29, 1.82) is 0 Å². The molecule has 0 aromatic rings. The van der Waals surface area contributed by atoms with Crippen molar-refractivity contribution in [3.05, 3.63) is 0 Å². The molecule has 2 nitrogen and oxygen atoms in total. The van der Waals surface area contributed by atoms with Gasteiger partial charge in [0.05, 0.1) is 0 Å². The van der Waals surface area contributed by atoms with E-state index < -0.39 is 0 Å². The van der Waals surface area contributed by atoms with Crippen molar-refractivity contribution < 1.29 is 29.8 Å². The molecule has 2 aliphatic rings. The van der Waals surface area contributed by atoms with E-state index in [-0.39, 0.29) is 32.7 Å². The second-order valence-electron chi connectivity index (χ2n) is 2.64. The molecular formula is C8H18ClLiO2. The molecule has 0 atom stereocenters. The van der Waals surface area contributed by atoms with Crippen LogP contribution in [0.1, 0.15) is 27.1 Å². The van der Waals surface area contributed by atoms with E-state index in [9.17, 15) is 0 Å². The Balaban J connectivity index is -0.000000125. The van der Waals surface area contributed by atoms with E-state index in [0.717, 1.165) is 26.4 Å². The molecule has 0 radical (unpaired) electrons. The number of hydrogen-bond acceptors (Lipinski definition) is 2. The van der Waals surface area contributed by atoms with E-state index in [1.807, 2.05) is 0 Å². The van der Waals surface area contributed by atoms with Crippen LogP contribution in [0.4, 0.5) is 0 Å². The maximum atomic E-state index is 4.94. The molecule has 2 saturated heterocycles. The maximum absolute atomic E-state index is 4.94. The molecule has 2 aliphatic heterocycles. The van der Waals surface area contributed by atoms with Crippen molar-refractivity contribution in [3.63, 3.8) is 0 Å². The average Bonchev–Trinajstić information content (AvgIpc) is 2.67. The number of hydrogen-bond donors (Lipinski definition) is 0. The molecule has 2 heterocycles. The Morgan fingerprint density at radius 1 is 0.667 bits per heavy atom. The molecule has 0 spiro atoms.